The Hall–Kier alpha value is -7.09. The average molecular weight is 742 g/mol. The van der Waals surface area contributed by atoms with E-state index in [9.17, 15) is 5.41 Å². The van der Waals surface area contributed by atoms with E-state index in [0.717, 1.165) is 65.2 Å². The van der Waals surface area contributed by atoms with Gasteiger partial charge >= 0.3 is 0 Å². The van der Waals surface area contributed by atoms with Crippen molar-refractivity contribution in [1.29, 1.82) is 5.41 Å². The fourth-order valence-corrected chi connectivity index (χ4v) is 8.35. The maximum Gasteiger partial charge on any atom is 0.167 e. The van der Waals surface area contributed by atoms with Crippen LogP contribution in [0.1, 0.15) is 27.6 Å². The third-order valence-electron chi connectivity index (χ3n) is 9.94. The van der Waals surface area contributed by atoms with Gasteiger partial charge in [0.1, 0.15) is 11.8 Å². The summed E-state index contributed by atoms with van der Waals surface area (Å²) < 4.78 is 7.43. The Labute approximate surface area is 329 Å². The standard InChI is InChI=1S/C49H35N5OS/c1-3-41-42(31(2)43(50)45-44(37-25-13-14-28-40(37)55-45)51-30-32-17-7-4-8-18-32)38-26-16-27-39(46(38)56-41)49-53-47(34-21-11-6-12-22-34)52-48(54-49)36-24-15-23-35(29-36)33-19-9-5-10-20-33/h3-30,44-45,50H,1-2H2. The van der Waals surface area contributed by atoms with E-state index < -0.39 is 12.1 Å². The third kappa shape index (κ3) is 6.54. The smallest absolute Gasteiger partial charge is 0.167 e. The number of benzene rings is 6. The molecular formula is C49H35N5OS. The highest BCUT2D eigenvalue weighted by Crippen LogP contribution is 2.45. The minimum Gasteiger partial charge on any atom is -0.481 e. The Balaban J connectivity index is 1.13. The largest absolute Gasteiger partial charge is 0.481 e. The first-order valence-corrected chi connectivity index (χ1v) is 19.1. The topological polar surface area (TPSA) is 84.1 Å². The van der Waals surface area contributed by atoms with Crippen LogP contribution in [-0.4, -0.2) is 33.0 Å². The van der Waals surface area contributed by atoms with Crippen molar-refractivity contribution in [3.63, 3.8) is 0 Å². The molecular weight excluding hydrogens is 707 g/mol. The van der Waals surface area contributed by atoms with Gasteiger partial charge in [-0.15, -0.1) is 11.3 Å². The van der Waals surface area contributed by atoms with Gasteiger partial charge in [-0.1, -0.05) is 159 Å². The highest BCUT2D eigenvalue weighted by molar-refractivity contribution is 7.20. The molecule has 6 aromatic carbocycles. The summed E-state index contributed by atoms with van der Waals surface area (Å²) in [6.45, 7) is 8.70. The summed E-state index contributed by atoms with van der Waals surface area (Å²) in [5.74, 6) is 2.44. The molecule has 6 nitrogen and oxygen atoms in total. The maximum atomic E-state index is 9.59. The number of aliphatic imine (C=N–C) groups is 1. The highest BCUT2D eigenvalue weighted by Gasteiger charge is 2.38. The zero-order valence-corrected chi connectivity index (χ0v) is 31.2. The molecule has 2 atom stereocenters. The number of thiophene rings is 1. The molecule has 0 aliphatic carbocycles. The molecule has 0 radical (unpaired) electrons. The van der Waals surface area contributed by atoms with Crippen molar-refractivity contribution in [2.24, 2.45) is 4.99 Å². The Kier molecular flexibility index (Phi) is 9.27. The van der Waals surface area contributed by atoms with Crippen LogP contribution in [0.2, 0.25) is 0 Å². The number of hydrogen-bond acceptors (Lipinski definition) is 7. The first kappa shape index (κ1) is 34.7. The predicted molar refractivity (Wildman–Crippen MR) is 231 cm³/mol. The molecule has 0 saturated heterocycles. The van der Waals surface area contributed by atoms with Crippen LogP contribution in [0.5, 0.6) is 5.75 Å². The van der Waals surface area contributed by atoms with Crippen LogP contribution < -0.4 is 4.74 Å². The first-order valence-electron chi connectivity index (χ1n) is 18.3. The second-order valence-electron chi connectivity index (χ2n) is 13.4. The number of para-hydroxylation sites is 1. The molecule has 2 aromatic heterocycles. The lowest BCUT2D eigenvalue weighted by molar-refractivity contribution is 0.277. The van der Waals surface area contributed by atoms with Crippen molar-refractivity contribution in [3.05, 3.63) is 192 Å². The summed E-state index contributed by atoms with van der Waals surface area (Å²) in [7, 11) is 0. The van der Waals surface area contributed by atoms with Crippen molar-refractivity contribution in [3.8, 4) is 51.0 Å². The van der Waals surface area contributed by atoms with Crippen LogP contribution in [0.25, 0.3) is 67.0 Å². The number of ether oxygens (including phenoxy) is 1. The lowest BCUT2D eigenvalue weighted by atomic mass is 9.92. The summed E-state index contributed by atoms with van der Waals surface area (Å²) >= 11 is 1.59. The van der Waals surface area contributed by atoms with Crippen LogP contribution >= 0.6 is 11.3 Å². The van der Waals surface area contributed by atoms with Crippen LogP contribution in [-0.2, 0) is 0 Å². The molecule has 0 bridgehead atoms. The van der Waals surface area contributed by atoms with E-state index >= 15 is 0 Å². The van der Waals surface area contributed by atoms with Gasteiger partial charge in [-0.2, -0.15) is 0 Å². The molecule has 1 N–H and O–H groups in total. The van der Waals surface area contributed by atoms with Crippen LogP contribution in [0.4, 0.5) is 0 Å². The molecule has 0 fully saturated rings. The summed E-state index contributed by atoms with van der Waals surface area (Å²) in [6, 6.07) is 52.1. The van der Waals surface area contributed by atoms with Gasteiger partial charge in [-0.3, -0.25) is 4.99 Å². The number of fused-ring (bicyclic) bond motifs is 2. The van der Waals surface area contributed by atoms with E-state index in [1.807, 2.05) is 140 Å². The van der Waals surface area contributed by atoms with Crippen molar-refractivity contribution in [2.45, 2.75) is 12.1 Å². The number of aromatic nitrogens is 3. The van der Waals surface area contributed by atoms with Gasteiger partial charge in [-0.25, -0.2) is 15.0 Å². The fourth-order valence-electron chi connectivity index (χ4n) is 7.16. The second-order valence-corrected chi connectivity index (χ2v) is 14.5. The summed E-state index contributed by atoms with van der Waals surface area (Å²) in [4.78, 5) is 21.1. The lowest BCUT2D eigenvalue weighted by Gasteiger charge is -2.19. The summed E-state index contributed by atoms with van der Waals surface area (Å²) in [6.07, 6.45) is 3.02. The van der Waals surface area contributed by atoms with Crippen molar-refractivity contribution >= 4 is 45.0 Å². The Morgan fingerprint density at radius 3 is 2.02 bits per heavy atom. The number of nitrogens with zero attached hydrogens (tertiary/aromatic N) is 4. The third-order valence-corrected chi connectivity index (χ3v) is 11.2. The predicted octanol–water partition coefficient (Wildman–Crippen LogP) is 12.1. The van der Waals surface area contributed by atoms with Crippen molar-refractivity contribution < 1.29 is 4.74 Å². The van der Waals surface area contributed by atoms with E-state index in [1.165, 1.54) is 0 Å². The van der Waals surface area contributed by atoms with E-state index in [-0.39, 0.29) is 5.71 Å². The summed E-state index contributed by atoms with van der Waals surface area (Å²) in [5, 5.41) is 10.5. The molecule has 3 heterocycles. The second kappa shape index (κ2) is 15.0. The Morgan fingerprint density at radius 2 is 1.27 bits per heavy atom. The lowest BCUT2D eigenvalue weighted by Crippen LogP contribution is -2.28. The van der Waals surface area contributed by atoms with E-state index in [1.54, 1.807) is 11.3 Å². The molecule has 7 heteroatoms. The SMILES string of the molecule is C=Cc1sc2c(-c3nc(-c4ccccc4)nc(-c4cccc(-c5ccccc5)c4)n3)cccc2c1C(=C)C(=N)C1Oc2ccccc2C1N=Cc1ccccc1. The Bertz CT molecular complexity index is 2790. The van der Waals surface area contributed by atoms with Gasteiger partial charge in [0.15, 0.2) is 23.6 Å². The molecule has 0 amide bonds. The molecule has 8 aromatic rings. The fraction of sp³-hybridized carbons (Fsp3) is 0.0408. The Morgan fingerprint density at radius 1 is 0.661 bits per heavy atom. The van der Waals surface area contributed by atoms with E-state index in [4.69, 9.17) is 24.7 Å². The average Bonchev–Trinajstić information content (AvgIpc) is 3.84. The monoisotopic (exact) mass is 741 g/mol. The van der Waals surface area contributed by atoms with Gasteiger partial charge < -0.3 is 10.1 Å². The normalized spacial score (nSPS) is 14.7. The minimum atomic E-state index is -0.665. The molecule has 0 spiro atoms. The van der Waals surface area contributed by atoms with Gasteiger partial charge in [-0.05, 0) is 34.9 Å². The van der Waals surface area contributed by atoms with Crippen LogP contribution in [0.3, 0.4) is 0 Å². The number of rotatable bonds is 10. The van der Waals surface area contributed by atoms with E-state index in [2.05, 4.69) is 43.5 Å². The van der Waals surface area contributed by atoms with Crippen LogP contribution in [0, 0.1) is 5.41 Å². The zero-order chi connectivity index (χ0) is 38.0. The number of nitrogens with one attached hydrogen (secondary N) is 1. The minimum absolute atomic E-state index is 0.261. The molecule has 1 aliphatic rings. The van der Waals surface area contributed by atoms with Gasteiger partial charge in [0.05, 0.1) is 5.71 Å². The molecule has 9 rings (SSSR count). The van der Waals surface area contributed by atoms with Crippen LogP contribution in [0.15, 0.2) is 176 Å². The molecule has 56 heavy (non-hydrogen) atoms. The molecule has 268 valence electrons. The van der Waals surface area contributed by atoms with Gasteiger partial charge in [0.2, 0.25) is 0 Å². The van der Waals surface area contributed by atoms with Gasteiger partial charge in [0, 0.05) is 54.6 Å². The quantitative estimate of drug-likeness (QED) is 0.141. The highest BCUT2D eigenvalue weighted by atomic mass is 32.1. The van der Waals surface area contributed by atoms with Gasteiger partial charge in [0.25, 0.3) is 0 Å². The maximum absolute atomic E-state index is 9.59. The molecule has 1 aliphatic heterocycles. The van der Waals surface area contributed by atoms with E-state index in [0.29, 0.717) is 23.0 Å². The number of hydrogen-bond donors (Lipinski definition) is 1. The first-order chi connectivity index (χ1) is 27.6. The molecule has 0 saturated carbocycles. The summed E-state index contributed by atoms with van der Waals surface area (Å²) in [5.41, 5.74) is 8.42. The van der Waals surface area contributed by atoms with Crippen molar-refractivity contribution in [2.75, 3.05) is 0 Å². The zero-order valence-electron chi connectivity index (χ0n) is 30.3. The molecule has 2 unspecified atom stereocenters. The van der Waals surface area contributed by atoms with Crippen molar-refractivity contribution in [1.82, 2.24) is 15.0 Å².